The zero-order chi connectivity index (χ0) is 39.1. The maximum absolute atomic E-state index is 14.4. The predicted molar refractivity (Wildman–Crippen MR) is 217 cm³/mol. The first-order chi connectivity index (χ1) is 25.7. The van der Waals surface area contributed by atoms with Crippen molar-refractivity contribution in [1.82, 2.24) is 0 Å². The molecule has 2 amide bonds. The highest BCUT2D eigenvalue weighted by Gasteiger charge is 2.24. The van der Waals surface area contributed by atoms with E-state index in [4.69, 9.17) is 21.5 Å². The molecule has 0 aromatic heterocycles. The van der Waals surface area contributed by atoms with E-state index in [1.165, 1.54) is 0 Å². The Morgan fingerprint density at radius 2 is 0.926 bits per heavy atom. The summed E-state index contributed by atoms with van der Waals surface area (Å²) in [5.41, 5.74) is 17.7. The highest BCUT2D eigenvalue weighted by Crippen LogP contribution is 2.33. The molecule has 8 N–H and O–H groups in total. The highest BCUT2D eigenvalue weighted by molar-refractivity contribution is 6.30. The molecule has 0 fully saturated rings. The van der Waals surface area contributed by atoms with Crippen LogP contribution in [0.2, 0.25) is 0 Å². The van der Waals surface area contributed by atoms with Crippen molar-refractivity contribution < 1.29 is 19.2 Å². The number of Topliss-reactive ketones (excluding diaryl/α,β-unsaturated/α-hetero) is 2. The van der Waals surface area contributed by atoms with E-state index >= 15 is 0 Å². The zero-order valence-corrected chi connectivity index (χ0v) is 31.1. The summed E-state index contributed by atoms with van der Waals surface area (Å²) >= 11 is 0. The molecule has 0 bridgehead atoms. The van der Waals surface area contributed by atoms with Gasteiger partial charge in [-0.05, 0) is 90.1 Å². The number of nitrogens with one attached hydrogen (secondary N) is 4. The van der Waals surface area contributed by atoms with Gasteiger partial charge in [-0.25, -0.2) is 0 Å². The van der Waals surface area contributed by atoms with Crippen LogP contribution >= 0.6 is 0 Å². The number of nitrogens with two attached hydrogens (primary N) is 2. The number of hydrogen-bond acceptors (Lipinski definition) is 10. The topological polar surface area (TPSA) is 193 Å². The van der Waals surface area contributed by atoms with Crippen LogP contribution in [0.1, 0.15) is 62.3 Å². The Morgan fingerprint density at radius 3 is 1.30 bits per heavy atom. The molecule has 5 rings (SSSR count). The summed E-state index contributed by atoms with van der Waals surface area (Å²) in [7, 11) is 0. The Bertz CT molecular complexity index is 2110. The first-order valence-electron chi connectivity index (χ1n) is 17.4. The third-order valence-electron chi connectivity index (χ3n) is 8.57. The van der Waals surface area contributed by atoms with Gasteiger partial charge in [0.15, 0.2) is 11.6 Å². The molecule has 0 saturated carbocycles. The number of anilines is 4. The van der Waals surface area contributed by atoms with Gasteiger partial charge in [0.2, 0.25) is 11.8 Å². The standard InChI is InChI=1S/C42H44N8O4/c1-23(43)41(53)49-31-15-11-13-29(21-31)39(51)37-25(3)45-33-17-7-9-19-35(33)47-27(5)38(28(6)48-36-20-10-8-18-34(36)46-26(37)4)40(52)30-14-12-16-32(22-30)50-42(54)24(2)44/h7-24,45,48H,43-44H2,1-6H3,(H,49,53)(H,50,54)/b37-25-,38-28-,46-26?,47-27?/t23-,24-/m0/s1. The van der Waals surface area contributed by atoms with E-state index in [0.29, 0.717) is 79.2 Å². The van der Waals surface area contributed by atoms with Crippen molar-refractivity contribution in [2.24, 2.45) is 21.5 Å². The van der Waals surface area contributed by atoms with Gasteiger partial charge in [0.05, 0.1) is 57.4 Å². The van der Waals surface area contributed by atoms with Crippen LogP contribution in [0.4, 0.5) is 34.1 Å². The summed E-state index contributed by atoms with van der Waals surface area (Å²) in [5.74, 6) is -1.40. The van der Waals surface area contributed by atoms with Gasteiger partial charge in [-0.3, -0.25) is 29.2 Å². The minimum Gasteiger partial charge on any atom is -0.357 e. The Morgan fingerprint density at radius 1 is 0.556 bits per heavy atom. The van der Waals surface area contributed by atoms with Crippen LogP contribution < -0.4 is 32.7 Å². The third-order valence-corrected chi connectivity index (χ3v) is 8.57. The molecule has 0 saturated heterocycles. The number of benzene rings is 4. The maximum Gasteiger partial charge on any atom is 0.240 e. The van der Waals surface area contributed by atoms with Crippen LogP contribution in [0.25, 0.3) is 0 Å². The van der Waals surface area contributed by atoms with Gasteiger partial charge in [-0.2, -0.15) is 0 Å². The predicted octanol–water partition coefficient (Wildman–Crippen LogP) is 7.29. The number of fused-ring (bicyclic) bond motifs is 2. The van der Waals surface area contributed by atoms with Gasteiger partial charge in [-0.15, -0.1) is 0 Å². The summed E-state index contributed by atoms with van der Waals surface area (Å²) in [5, 5.41) is 12.3. The Kier molecular flexibility index (Phi) is 12.1. The molecular weight excluding hydrogens is 681 g/mol. The summed E-state index contributed by atoms with van der Waals surface area (Å²) in [6, 6.07) is 26.5. The van der Waals surface area contributed by atoms with Crippen molar-refractivity contribution in [3.63, 3.8) is 0 Å². The Balaban J connectivity index is 1.66. The van der Waals surface area contributed by atoms with Crippen LogP contribution in [-0.4, -0.2) is 46.9 Å². The fraction of sp³-hybridized carbons (Fsp3) is 0.190. The van der Waals surface area contributed by atoms with Gasteiger partial charge in [0.1, 0.15) is 0 Å². The molecule has 4 aromatic carbocycles. The zero-order valence-electron chi connectivity index (χ0n) is 31.1. The molecule has 0 spiro atoms. The van der Waals surface area contributed by atoms with E-state index in [1.807, 2.05) is 48.5 Å². The molecule has 0 aliphatic carbocycles. The lowest BCUT2D eigenvalue weighted by molar-refractivity contribution is -0.117. The number of allylic oxidation sites excluding steroid dienone is 4. The van der Waals surface area contributed by atoms with Crippen LogP contribution in [-0.2, 0) is 9.59 Å². The largest absolute Gasteiger partial charge is 0.357 e. The third kappa shape index (κ3) is 9.10. The van der Waals surface area contributed by atoms with E-state index < -0.39 is 12.1 Å². The van der Waals surface area contributed by atoms with Crippen LogP contribution in [0.15, 0.2) is 130 Å². The summed E-state index contributed by atoms with van der Waals surface area (Å²) in [6.07, 6.45) is 0. The monoisotopic (exact) mass is 724 g/mol. The molecule has 0 unspecified atom stereocenters. The van der Waals surface area contributed by atoms with E-state index in [0.717, 1.165) is 0 Å². The number of aliphatic imine (C=N–C) groups is 2. The number of nitrogens with zero attached hydrogens (tertiary/aromatic N) is 2. The average Bonchev–Trinajstić information content (AvgIpc) is 3.13. The van der Waals surface area contributed by atoms with Gasteiger partial charge in [-0.1, -0.05) is 48.5 Å². The average molecular weight is 725 g/mol. The lowest BCUT2D eigenvalue weighted by Gasteiger charge is -2.19. The van der Waals surface area contributed by atoms with Crippen molar-refractivity contribution in [1.29, 1.82) is 0 Å². The van der Waals surface area contributed by atoms with Crippen molar-refractivity contribution in [2.75, 3.05) is 21.3 Å². The molecule has 1 aliphatic rings. The minimum atomic E-state index is -0.730. The molecule has 1 heterocycles. The highest BCUT2D eigenvalue weighted by atomic mass is 16.2. The maximum atomic E-state index is 14.4. The first-order valence-corrected chi connectivity index (χ1v) is 17.4. The minimum absolute atomic E-state index is 0.312. The number of rotatable bonds is 8. The lowest BCUT2D eigenvalue weighted by Crippen LogP contribution is -2.32. The molecule has 2 atom stereocenters. The molecule has 276 valence electrons. The normalized spacial score (nSPS) is 17.1. The second kappa shape index (κ2) is 16.9. The second-order valence-electron chi connectivity index (χ2n) is 13.1. The fourth-order valence-corrected chi connectivity index (χ4v) is 5.84. The molecule has 12 nitrogen and oxygen atoms in total. The molecular formula is C42H44N8O4. The number of carbonyl (C=O) groups is 4. The summed E-state index contributed by atoms with van der Waals surface area (Å²) < 4.78 is 0. The Hall–Kier alpha value is -6.50. The molecule has 0 radical (unpaired) electrons. The van der Waals surface area contributed by atoms with Crippen molar-refractivity contribution in [2.45, 2.75) is 53.6 Å². The number of amides is 2. The van der Waals surface area contributed by atoms with Crippen LogP contribution in [0.5, 0.6) is 0 Å². The number of ketones is 2. The van der Waals surface area contributed by atoms with Crippen LogP contribution in [0, 0.1) is 0 Å². The van der Waals surface area contributed by atoms with Gasteiger partial charge in [0.25, 0.3) is 0 Å². The van der Waals surface area contributed by atoms with Gasteiger partial charge in [0, 0.05) is 33.9 Å². The van der Waals surface area contributed by atoms with Gasteiger partial charge >= 0.3 is 0 Å². The van der Waals surface area contributed by atoms with E-state index in [2.05, 4.69) is 21.3 Å². The second-order valence-corrected chi connectivity index (χ2v) is 13.1. The van der Waals surface area contributed by atoms with E-state index in [9.17, 15) is 19.2 Å². The fourth-order valence-electron chi connectivity index (χ4n) is 5.84. The molecule has 4 aromatic rings. The SMILES string of the molecule is CC1=Nc2ccccc2N/C(C)=C(\C(=O)c2cccc(NC(=O)[C@H](C)N)c2)C(C)=Nc2ccccc2N/C(C)=C/1C(=O)c1cccc(NC(=O)[C@H](C)N)c1. The molecule has 54 heavy (non-hydrogen) atoms. The van der Waals surface area contributed by atoms with Crippen LogP contribution in [0.3, 0.4) is 0 Å². The number of hydrogen-bond donors (Lipinski definition) is 6. The summed E-state index contributed by atoms with van der Waals surface area (Å²) in [4.78, 5) is 63.4. The van der Waals surface area contributed by atoms with Crippen molar-refractivity contribution in [3.05, 3.63) is 131 Å². The van der Waals surface area contributed by atoms with Crippen molar-refractivity contribution in [3.8, 4) is 0 Å². The number of para-hydroxylation sites is 4. The molecule has 12 heteroatoms. The summed E-state index contributed by atoms with van der Waals surface area (Å²) in [6.45, 7) is 10.2. The molecule has 1 aliphatic heterocycles. The Labute approximate surface area is 314 Å². The van der Waals surface area contributed by atoms with Crippen molar-refractivity contribution >= 4 is 68.9 Å². The quantitative estimate of drug-likeness (QED) is 0.102. The van der Waals surface area contributed by atoms with E-state index in [1.54, 1.807) is 90.1 Å². The van der Waals surface area contributed by atoms with E-state index in [-0.39, 0.29) is 23.4 Å². The van der Waals surface area contributed by atoms with Gasteiger partial charge < -0.3 is 32.7 Å². The lowest BCUT2D eigenvalue weighted by atomic mass is 9.96. The smallest absolute Gasteiger partial charge is 0.240 e. The number of carbonyl (C=O) groups excluding carboxylic acids is 4. The first kappa shape index (κ1) is 38.7.